The van der Waals surface area contributed by atoms with E-state index in [1.165, 1.54) is 44.9 Å². The zero-order valence-corrected chi connectivity index (χ0v) is 9.63. The number of carbonyl (C=O) groups excluding carboxylic acids is 1. The van der Waals surface area contributed by atoms with Gasteiger partial charge in [-0.2, -0.15) is 0 Å². The van der Waals surface area contributed by atoms with Crippen LogP contribution in [0.2, 0.25) is 0 Å². The van der Waals surface area contributed by atoms with Gasteiger partial charge >= 0.3 is 0 Å². The number of hydrogen-bond donors (Lipinski definition) is 1. The summed E-state index contributed by atoms with van der Waals surface area (Å²) in [7, 11) is 0. The van der Waals surface area contributed by atoms with Crippen LogP contribution in [-0.2, 0) is 4.79 Å². The third-order valence-corrected chi connectivity index (χ3v) is 3.72. The van der Waals surface area contributed by atoms with Crippen molar-refractivity contribution >= 4 is 5.78 Å². The summed E-state index contributed by atoms with van der Waals surface area (Å²) in [6, 6.07) is 0.670. The molecule has 2 rings (SSSR count). The van der Waals surface area contributed by atoms with E-state index in [0.29, 0.717) is 18.4 Å². The van der Waals surface area contributed by atoms with Gasteiger partial charge in [-0.05, 0) is 25.2 Å². The molecule has 0 aliphatic heterocycles. The van der Waals surface area contributed by atoms with Gasteiger partial charge in [0.25, 0.3) is 0 Å². The minimum absolute atomic E-state index is 0.424. The Morgan fingerprint density at radius 2 is 1.80 bits per heavy atom. The minimum atomic E-state index is 0.424. The molecule has 0 heterocycles. The van der Waals surface area contributed by atoms with Crippen LogP contribution in [-0.4, -0.2) is 18.4 Å². The fourth-order valence-corrected chi connectivity index (χ4v) is 2.47. The lowest BCUT2D eigenvalue weighted by atomic mass is 9.86. The average molecular weight is 209 g/mol. The van der Waals surface area contributed by atoms with E-state index in [9.17, 15) is 4.79 Å². The summed E-state index contributed by atoms with van der Waals surface area (Å²) >= 11 is 0. The summed E-state index contributed by atoms with van der Waals surface area (Å²) in [5, 5.41) is 3.29. The number of carbonyl (C=O) groups is 1. The SMILES string of the molecule is O=C(CCC1CCCCC1)CNC1CC1. The molecular formula is C13H23NO. The lowest BCUT2D eigenvalue weighted by molar-refractivity contribution is -0.118. The topological polar surface area (TPSA) is 29.1 Å². The van der Waals surface area contributed by atoms with Gasteiger partial charge < -0.3 is 5.32 Å². The molecule has 1 N–H and O–H groups in total. The quantitative estimate of drug-likeness (QED) is 0.728. The largest absolute Gasteiger partial charge is 0.307 e. The van der Waals surface area contributed by atoms with Crippen LogP contribution in [0.25, 0.3) is 0 Å². The normalized spacial score (nSPS) is 22.9. The first-order valence-corrected chi connectivity index (χ1v) is 6.59. The van der Waals surface area contributed by atoms with Gasteiger partial charge in [0.05, 0.1) is 6.54 Å². The van der Waals surface area contributed by atoms with Gasteiger partial charge in [0, 0.05) is 12.5 Å². The highest BCUT2D eigenvalue weighted by molar-refractivity contribution is 5.80. The third-order valence-electron chi connectivity index (χ3n) is 3.72. The first kappa shape index (κ1) is 11.1. The highest BCUT2D eigenvalue weighted by atomic mass is 16.1. The van der Waals surface area contributed by atoms with Crippen molar-refractivity contribution in [3.63, 3.8) is 0 Å². The van der Waals surface area contributed by atoms with Gasteiger partial charge in [-0.15, -0.1) is 0 Å². The maximum atomic E-state index is 11.6. The Kier molecular flexibility index (Phi) is 4.18. The van der Waals surface area contributed by atoms with Crippen molar-refractivity contribution in [2.75, 3.05) is 6.54 Å². The molecule has 2 saturated carbocycles. The fourth-order valence-electron chi connectivity index (χ4n) is 2.47. The van der Waals surface area contributed by atoms with Crippen LogP contribution in [0.3, 0.4) is 0 Å². The maximum absolute atomic E-state index is 11.6. The Morgan fingerprint density at radius 1 is 1.07 bits per heavy atom. The Labute approximate surface area is 92.8 Å². The molecule has 2 aliphatic rings. The molecule has 0 aromatic rings. The molecule has 0 unspecified atom stereocenters. The van der Waals surface area contributed by atoms with Crippen molar-refractivity contribution < 1.29 is 4.79 Å². The van der Waals surface area contributed by atoms with Crippen LogP contribution >= 0.6 is 0 Å². The van der Waals surface area contributed by atoms with Gasteiger partial charge in [-0.3, -0.25) is 4.79 Å². The molecule has 2 fully saturated rings. The molecule has 2 aliphatic carbocycles. The number of Topliss-reactive ketones (excluding diaryl/α,β-unsaturated/α-hetero) is 1. The predicted octanol–water partition coefficient (Wildman–Crippen LogP) is 2.67. The van der Waals surface area contributed by atoms with Crippen LogP contribution in [0.15, 0.2) is 0 Å². The summed E-state index contributed by atoms with van der Waals surface area (Å²) in [4.78, 5) is 11.6. The van der Waals surface area contributed by atoms with Crippen LogP contribution in [0.5, 0.6) is 0 Å². The molecule has 0 bridgehead atoms. The fraction of sp³-hybridized carbons (Fsp3) is 0.923. The lowest BCUT2D eigenvalue weighted by Crippen LogP contribution is -2.25. The van der Waals surface area contributed by atoms with Crippen LogP contribution in [0.4, 0.5) is 0 Å². The van der Waals surface area contributed by atoms with Crippen molar-refractivity contribution in [2.45, 2.75) is 63.8 Å². The van der Waals surface area contributed by atoms with E-state index < -0.39 is 0 Å². The monoisotopic (exact) mass is 209 g/mol. The summed E-state index contributed by atoms with van der Waals surface area (Å²) < 4.78 is 0. The minimum Gasteiger partial charge on any atom is -0.307 e. The van der Waals surface area contributed by atoms with Crippen LogP contribution in [0.1, 0.15) is 57.8 Å². The van der Waals surface area contributed by atoms with E-state index in [1.807, 2.05) is 0 Å². The Morgan fingerprint density at radius 3 is 2.47 bits per heavy atom. The summed E-state index contributed by atoms with van der Waals surface area (Å²) in [6.45, 7) is 0.622. The van der Waals surface area contributed by atoms with E-state index in [0.717, 1.165) is 18.8 Å². The zero-order valence-electron chi connectivity index (χ0n) is 9.63. The molecule has 0 radical (unpaired) electrons. The smallest absolute Gasteiger partial charge is 0.146 e. The molecule has 0 atom stereocenters. The molecule has 0 amide bonds. The molecule has 2 heteroatoms. The average Bonchev–Trinajstić information content (AvgIpc) is 3.09. The van der Waals surface area contributed by atoms with Crippen LogP contribution < -0.4 is 5.32 Å². The zero-order chi connectivity index (χ0) is 10.5. The van der Waals surface area contributed by atoms with Crippen molar-refractivity contribution in [3.8, 4) is 0 Å². The first-order chi connectivity index (χ1) is 7.34. The molecular weight excluding hydrogens is 186 g/mol. The van der Waals surface area contributed by atoms with Crippen LogP contribution in [0, 0.1) is 5.92 Å². The van der Waals surface area contributed by atoms with E-state index in [-0.39, 0.29) is 0 Å². The molecule has 0 aromatic carbocycles. The van der Waals surface area contributed by atoms with Crippen molar-refractivity contribution in [1.29, 1.82) is 0 Å². The summed E-state index contributed by atoms with van der Waals surface area (Å²) in [6.07, 6.45) is 11.4. The number of rotatable bonds is 6. The standard InChI is InChI=1S/C13H23NO/c15-13(10-14-12-7-8-12)9-6-11-4-2-1-3-5-11/h11-12,14H,1-10H2. The number of nitrogens with one attached hydrogen (secondary N) is 1. The lowest BCUT2D eigenvalue weighted by Gasteiger charge is -2.20. The molecule has 0 saturated heterocycles. The maximum Gasteiger partial charge on any atom is 0.146 e. The molecule has 0 aromatic heterocycles. The highest BCUT2D eigenvalue weighted by Gasteiger charge is 2.21. The second-order valence-electron chi connectivity index (χ2n) is 5.24. The van der Waals surface area contributed by atoms with E-state index in [2.05, 4.69) is 5.32 Å². The molecule has 2 nitrogen and oxygen atoms in total. The molecule has 15 heavy (non-hydrogen) atoms. The van der Waals surface area contributed by atoms with Gasteiger partial charge in [-0.25, -0.2) is 0 Å². The second kappa shape index (κ2) is 5.64. The third kappa shape index (κ3) is 4.33. The summed E-state index contributed by atoms with van der Waals surface area (Å²) in [5.74, 6) is 1.27. The van der Waals surface area contributed by atoms with Gasteiger partial charge in [0.1, 0.15) is 5.78 Å². The molecule has 86 valence electrons. The second-order valence-corrected chi connectivity index (χ2v) is 5.24. The van der Waals surface area contributed by atoms with Gasteiger partial charge in [0.2, 0.25) is 0 Å². The van der Waals surface area contributed by atoms with Gasteiger partial charge in [-0.1, -0.05) is 32.1 Å². The number of hydrogen-bond acceptors (Lipinski definition) is 2. The molecule has 0 spiro atoms. The first-order valence-electron chi connectivity index (χ1n) is 6.59. The Hall–Kier alpha value is -0.370. The summed E-state index contributed by atoms with van der Waals surface area (Å²) in [5.41, 5.74) is 0. The van der Waals surface area contributed by atoms with E-state index in [1.54, 1.807) is 0 Å². The van der Waals surface area contributed by atoms with Crippen molar-refractivity contribution in [2.24, 2.45) is 5.92 Å². The van der Waals surface area contributed by atoms with Gasteiger partial charge in [0.15, 0.2) is 0 Å². The number of ketones is 1. The Balaban J connectivity index is 1.53. The van der Waals surface area contributed by atoms with E-state index in [4.69, 9.17) is 0 Å². The Bertz CT molecular complexity index is 205. The van der Waals surface area contributed by atoms with Crippen molar-refractivity contribution in [1.82, 2.24) is 5.32 Å². The van der Waals surface area contributed by atoms with E-state index >= 15 is 0 Å². The van der Waals surface area contributed by atoms with Crippen molar-refractivity contribution in [3.05, 3.63) is 0 Å². The predicted molar refractivity (Wildman–Crippen MR) is 61.8 cm³/mol. The highest BCUT2D eigenvalue weighted by Crippen LogP contribution is 2.27.